The van der Waals surface area contributed by atoms with Gasteiger partial charge in [-0.3, -0.25) is 4.57 Å². The van der Waals surface area contributed by atoms with Crippen molar-refractivity contribution in [2.45, 2.75) is 31.2 Å². The van der Waals surface area contributed by atoms with E-state index >= 15 is 0 Å². The van der Waals surface area contributed by atoms with Crippen LogP contribution in [0.3, 0.4) is 0 Å². The molecule has 3 aliphatic rings. The minimum Gasteiger partial charge on any atom is -0.473 e. The Morgan fingerprint density at radius 2 is 2.32 bits per heavy atom. The molecule has 1 aromatic carbocycles. The number of fused-ring (bicyclic) bond motifs is 3. The van der Waals surface area contributed by atoms with Crippen LogP contribution in [0.1, 0.15) is 17.5 Å². The van der Waals surface area contributed by atoms with Crippen molar-refractivity contribution in [2.75, 3.05) is 18.1 Å². The first-order chi connectivity index (χ1) is 12.2. The van der Waals surface area contributed by atoms with E-state index in [1.54, 1.807) is 10.6 Å². The summed E-state index contributed by atoms with van der Waals surface area (Å²) in [7, 11) is 0. The Morgan fingerprint density at radius 1 is 1.44 bits per heavy atom. The van der Waals surface area contributed by atoms with Crippen LogP contribution in [0, 0.1) is 11.3 Å². The molecule has 3 aliphatic heterocycles. The summed E-state index contributed by atoms with van der Waals surface area (Å²) >= 11 is 0. The highest BCUT2D eigenvalue weighted by Gasteiger charge is 2.56. The lowest BCUT2D eigenvalue weighted by atomic mass is 10.0. The quantitative estimate of drug-likeness (QED) is 0.834. The monoisotopic (exact) mass is 336 g/mol. The van der Waals surface area contributed by atoms with Crippen molar-refractivity contribution < 1.29 is 9.47 Å². The number of nitrogens with zero attached hydrogens (tertiary/aromatic N) is 4. The molecule has 0 saturated carbocycles. The molecule has 2 fully saturated rings. The van der Waals surface area contributed by atoms with Gasteiger partial charge in [-0.15, -0.1) is 0 Å². The number of hydrogen-bond acceptors (Lipinski definition) is 6. The fourth-order valence-electron chi connectivity index (χ4n) is 4.17. The lowest BCUT2D eigenvalue weighted by molar-refractivity contribution is 0.0856. The zero-order valence-corrected chi connectivity index (χ0v) is 13.5. The molecule has 1 aromatic heterocycles. The summed E-state index contributed by atoms with van der Waals surface area (Å²) in [6, 6.07) is 11.2. The van der Waals surface area contributed by atoms with Gasteiger partial charge in [0.05, 0.1) is 36.4 Å². The molecule has 2 aromatic rings. The van der Waals surface area contributed by atoms with Gasteiger partial charge in [-0.25, -0.2) is 4.79 Å². The predicted octanol–water partition coefficient (Wildman–Crippen LogP) is 1.06. The average molecular weight is 336 g/mol. The van der Waals surface area contributed by atoms with Gasteiger partial charge in [-0.05, 0) is 6.07 Å². The van der Waals surface area contributed by atoms with Crippen molar-refractivity contribution in [3.8, 4) is 11.9 Å². The van der Waals surface area contributed by atoms with Crippen LogP contribution < -0.4 is 15.3 Å². The second-order valence-corrected chi connectivity index (χ2v) is 6.85. The van der Waals surface area contributed by atoms with Crippen LogP contribution in [0.4, 0.5) is 5.82 Å². The molecule has 0 radical (unpaired) electrons. The molecule has 0 amide bonds. The molecule has 0 unspecified atom stereocenters. The summed E-state index contributed by atoms with van der Waals surface area (Å²) in [6.45, 7) is 2.30. The second kappa shape index (κ2) is 5.07. The highest BCUT2D eigenvalue weighted by Crippen LogP contribution is 2.46. The Labute approximate surface area is 144 Å². The molecule has 2 saturated heterocycles. The number of anilines is 1. The van der Waals surface area contributed by atoms with E-state index in [9.17, 15) is 4.79 Å². The molecular weight excluding hydrogens is 320 g/mol. The van der Waals surface area contributed by atoms with Gasteiger partial charge in [0.2, 0.25) is 5.88 Å². The van der Waals surface area contributed by atoms with Gasteiger partial charge in [0.1, 0.15) is 12.4 Å². The first-order valence-electron chi connectivity index (χ1n) is 8.30. The molecule has 7 nitrogen and oxygen atoms in total. The molecule has 2 atom stereocenters. The molecule has 0 N–H and O–H groups in total. The largest absolute Gasteiger partial charge is 0.473 e. The molecule has 1 spiro atoms. The van der Waals surface area contributed by atoms with Gasteiger partial charge >= 0.3 is 5.69 Å². The summed E-state index contributed by atoms with van der Waals surface area (Å²) in [5, 5.41) is 9.16. The number of morpholine rings is 1. The number of aromatic nitrogens is 2. The standard InChI is InChI=1S/C18H16N4O3/c19-7-12-3-1-2-4-13(12)9-24-15-5-16-21(17(23)20-15)10-18-6-14(25-11-18)8-22(16)18/h1-5,14H,6,8-11H2/t14-,18+/m0/s1. The lowest BCUT2D eigenvalue weighted by Crippen LogP contribution is -2.46. The zero-order chi connectivity index (χ0) is 17.0. The Bertz CT molecular complexity index is 964. The van der Waals surface area contributed by atoms with Gasteiger partial charge in [-0.2, -0.15) is 10.2 Å². The van der Waals surface area contributed by atoms with E-state index in [1.165, 1.54) is 0 Å². The maximum Gasteiger partial charge on any atom is 0.352 e. The molecule has 5 rings (SSSR count). The second-order valence-electron chi connectivity index (χ2n) is 6.85. The topological polar surface area (TPSA) is 80.4 Å². The molecule has 0 aliphatic carbocycles. The highest BCUT2D eigenvalue weighted by molar-refractivity contribution is 5.52. The van der Waals surface area contributed by atoms with Crippen molar-refractivity contribution in [2.24, 2.45) is 0 Å². The average Bonchev–Trinajstić information content (AvgIpc) is 3.28. The summed E-state index contributed by atoms with van der Waals surface area (Å²) in [5.74, 6) is 1.15. The van der Waals surface area contributed by atoms with Gasteiger partial charge in [0, 0.05) is 24.6 Å². The van der Waals surface area contributed by atoms with E-state index in [0.29, 0.717) is 24.6 Å². The summed E-state index contributed by atoms with van der Waals surface area (Å²) in [6.07, 6.45) is 1.21. The number of nitriles is 1. The molecule has 2 bridgehead atoms. The third kappa shape index (κ3) is 2.07. The Morgan fingerprint density at radius 3 is 3.16 bits per heavy atom. The van der Waals surface area contributed by atoms with Gasteiger partial charge < -0.3 is 14.4 Å². The fraction of sp³-hybridized carbons (Fsp3) is 0.389. The van der Waals surface area contributed by atoms with Crippen LogP contribution in [0.5, 0.6) is 5.88 Å². The van der Waals surface area contributed by atoms with Crippen LogP contribution >= 0.6 is 0 Å². The van der Waals surface area contributed by atoms with E-state index in [0.717, 1.165) is 24.3 Å². The third-order valence-electron chi connectivity index (χ3n) is 5.36. The Balaban J connectivity index is 1.44. The van der Waals surface area contributed by atoms with Crippen LogP contribution in [0.25, 0.3) is 0 Å². The minimum absolute atomic E-state index is 0.0927. The molecule has 7 heteroatoms. The molecule has 25 heavy (non-hydrogen) atoms. The minimum atomic E-state index is -0.298. The first-order valence-corrected chi connectivity index (χ1v) is 8.30. The van der Waals surface area contributed by atoms with Gasteiger partial charge in [0.25, 0.3) is 0 Å². The van der Waals surface area contributed by atoms with Crippen LogP contribution in [-0.2, 0) is 17.9 Å². The first kappa shape index (κ1) is 14.5. The smallest absolute Gasteiger partial charge is 0.352 e. The van der Waals surface area contributed by atoms with E-state index < -0.39 is 0 Å². The van der Waals surface area contributed by atoms with Crippen LogP contribution in [-0.4, -0.2) is 34.3 Å². The summed E-state index contributed by atoms with van der Waals surface area (Å²) < 4.78 is 13.2. The number of benzene rings is 1. The highest BCUT2D eigenvalue weighted by atomic mass is 16.5. The van der Waals surface area contributed by atoms with Gasteiger partial charge in [0.15, 0.2) is 0 Å². The van der Waals surface area contributed by atoms with E-state index in [2.05, 4.69) is 16.0 Å². The maximum atomic E-state index is 12.4. The van der Waals surface area contributed by atoms with Gasteiger partial charge in [-0.1, -0.05) is 18.2 Å². The van der Waals surface area contributed by atoms with E-state index in [-0.39, 0.29) is 23.9 Å². The zero-order valence-electron chi connectivity index (χ0n) is 13.5. The normalized spacial score (nSPS) is 25.6. The number of hydrogen-bond donors (Lipinski definition) is 0. The SMILES string of the molecule is N#Cc1ccccc1COc1cc2n(c(=O)n1)C[C@]13CO[C@H](CN21)C3. The van der Waals surface area contributed by atoms with Crippen molar-refractivity contribution in [1.29, 1.82) is 5.26 Å². The molecule has 126 valence electrons. The fourth-order valence-corrected chi connectivity index (χ4v) is 4.17. The molecule has 4 heterocycles. The van der Waals surface area contributed by atoms with Crippen molar-refractivity contribution in [3.63, 3.8) is 0 Å². The van der Waals surface area contributed by atoms with E-state index in [1.807, 2.05) is 24.3 Å². The predicted molar refractivity (Wildman–Crippen MR) is 88.4 cm³/mol. The Kier molecular flexibility index (Phi) is 2.94. The number of ether oxygens (including phenoxy) is 2. The van der Waals surface area contributed by atoms with Crippen molar-refractivity contribution in [3.05, 3.63) is 51.9 Å². The van der Waals surface area contributed by atoms with Crippen molar-refractivity contribution in [1.82, 2.24) is 9.55 Å². The van der Waals surface area contributed by atoms with Crippen LogP contribution in [0.2, 0.25) is 0 Å². The molecular formula is C18H16N4O3. The van der Waals surface area contributed by atoms with Crippen LogP contribution in [0.15, 0.2) is 35.1 Å². The third-order valence-corrected chi connectivity index (χ3v) is 5.36. The van der Waals surface area contributed by atoms with E-state index in [4.69, 9.17) is 14.7 Å². The maximum absolute atomic E-state index is 12.4. The summed E-state index contributed by atoms with van der Waals surface area (Å²) in [5.41, 5.74) is 0.948. The van der Waals surface area contributed by atoms with Crippen molar-refractivity contribution >= 4 is 5.82 Å². The summed E-state index contributed by atoms with van der Waals surface area (Å²) in [4.78, 5) is 18.7. The lowest BCUT2D eigenvalue weighted by Gasteiger charge is -2.32. The number of rotatable bonds is 3. The Hall–Kier alpha value is -2.85.